The highest BCUT2D eigenvalue weighted by Gasteiger charge is 2.20. The summed E-state index contributed by atoms with van der Waals surface area (Å²) in [4.78, 5) is 9.43. The van der Waals surface area contributed by atoms with Crippen LogP contribution in [-0.4, -0.2) is 60.7 Å². The van der Waals surface area contributed by atoms with Gasteiger partial charge in [0, 0.05) is 48.4 Å². The lowest BCUT2D eigenvalue weighted by molar-refractivity contribution is 0.291. The third-order valence-corrected chi connectivity index (χ3v) is 7.70. The van der Waals surface area contributed by atoms with Gasteiger partial charge < -0.3 is 34.7 Å². The molecule has 0 amide bonds. The largest absolute Gasteiger partial charge is 0.493 e. The first-order chi connectivity index (χ1) is 21.0. The minimum Gasteiger partial charge on any atom is -0.493 e. The van der Waals surface area contributed by atoms with Crippen molar-refractivity contribution in [2.75, 3.05) is 40.5 Å². The van der Waals surface area contributed by atoms with E-state index in [1.54, 1.807) is 14.2 Å². The monoisotopic (exact) mass is 622 g/mol. The summed E-state index contributed by atoms with van der Waals surface area (Å²) >= 11 is 14.0. The predicted molar refractivity (Wildman–Crippen MR) is 169 cm³/mol. The number of ether oxygens (including phenoxy) is 2. The molecule has 5 aromatic rings. The van der Waals surface area contributed by atoms with Crippen molar-refractivity contribution in [1.29, 1.82) is 0 Å². The lowest BCUT2D eigenvalue weighted by Crippen LogP contribution is -2.18. The molecule has 43 heavy (non-hydrogen) atoms. The van der Waals surface area contributed by atoms with Crippen LogP contribution < -0.4 is 20.1 Å². The number of rotatable bonds is 13. The fourth-order valence-electron chi connectivity index (χ4n) is 4.81. The summed E-state index contributed by atoms with van der Waals surface area (Å²) in [6.07, 6.45) is 0. The topological polar surface area (TPSA) is 122 Å². The molecule has 0 atom stereocenters. The van der Waals surface area contributed by atoms with E-state index in [4.69, 9.17) is 57.3 Å². The molecule has 2 heterocycles. The number of aliphatic hydroxyl groups excluding tert-OH is 2. The van der Waals surface area contributed by atoms with Crippen LogP contribution in [0.2, 0.25) is 10.0 Å². The Morgan fingerprint density at radius 3 is 2.09 bits per heavy atom. The van der Waals surface area contributed by atoms with E-state index in [1.165, 1.54) is 0 Å². The van der Waals surface area contributed by atoms with Crippen LogP contribution >= 0.6 is 23.2 Å². The summed E-state index contributed by atoms with van der Waals surface area (Å²) in [6.45, 7) is 2.11. The Morgan fingerprint density at radius 1 is 0.767 bits per heavy atom. The number of nitrogens with one attached hydrogen (secondary N) is 2. The van der Waals surface area contributed by atoms with Gasteiger partial charge in [-0.25, -0.2) is 9.97 Å². The molecule has 0 unspecified atom stereocenters. The van der Waals surface area contributed by atoms with Crippen LogP contribution in [0.4, 0.5) is 0 Å². The van der Waals surface area contributed by atoms with E-state index in [1.807, 2.05) is 60.7 Å². The van der Waals surface area contributed by atoms with Crippen molar-refractivity contribution >= 4 is 34.3 Å². The highest BCUT2D eigenvalue weighted by molar-refractivity contribution is 6.39. The van der Waals surface area contributed by atoms with Gasteiger partial charge in [-0.15, -0.1) is 0 Å². The van der Waals surface area contributed by atoms with Gasteiger partial charge in [-0.2, -0.15) is 0 Å². The molecule has 3 aromatic carbocycles. The van der Waals surface area contributed by atoms with Crippen LogP contribution in [0.1, 0.15) is 11.1 Å². The predicted octanol–water partition coefficient (Wildman–Crippen LogP) is 5.71. The lowest BCUT2D eigenvalue weighted by atomic mass is 9.99. The van der Waals surface area contributed by atoms with Crippen molar-refractivity contribution in [2.24, 2.45) is 0 Å². The number of halogens is 2. The fourth-order valence-corrected chi connectivity index (χ4v) is 5.45. The van der Waals surface area contributed by atoms with Crippen LogP contribution in [0, 0.1) is 0 Å². The van der Waals surface area contributed by atoms with Gasteiger partial charge in [-0.1, -0.05) is 59.6 Å². The quantitative estimate of drug-likeness (QED) is 0.122. The second kappa shape index (κ2) is 14.2. The summed E-state index contributed by atoms with van der Waals surface area (Å²) in [6, 6.07) is 19.0. The molecule has 0 spiro atoms. The number of pyridine rings is 1. The van der Waals surface area contributed by atoms with E-state index >= 15 is 0 Å². The van der Waals surface area contributed by atoms with E-state index < -0.39 is 0 Å². The average molecular weight is 624 g/mol. The molecular weight excluding hydrogens is 591 g/mol. The summed E-state index contributed by atoms with van der Waals surface area (Å²) in [5.74, 6) is 1.38. The smallest absolute Gasteiger partial charge is 0.229 e. The van der Waals surface area contributed by atoms with Gasteiger partial charge in [-0.05, 0) is 29.8 Å². The standard InChI is InChI=1S/C32H32Cl2N4O5/c1-41-27-16-19(17-35-11-13-39)15-26-30(27)43-32(38-26)24-8-4-6-22(29(24)34)21-5-3-7-23(28(21)33)25-10-9-20(18-36-12-14-40)31(37-25)42-2/h3-10,15-16,35-36,39-40H,11-14,17-18H2,1-2H3. The molecule has 5 rings (SSSR count). The summed E-state index contributed by atoms with van der Waals surface area (Å²) in [5.41, 5.74) is 6.38. The maximum Gasteiger partial charge on any atom is 0.229 e. The van der Waals surface area contributed by atoms with Crippen molar-refractivity contribution in [2.45, 2.75) is 13.1 Å². The molecule has 0 saturated heterocycles. The third-order valence-electron chi connectivity index (χ3n) is 6.88. The zero-order valence-corrected chi connectivity index (χ0v) is 25.3. The van der Waals surface area contributed by atoms with Gasteiger partial charge in [0.1, 0.15) is 5.52 Å². The van der Waals surface area contributed by atoms with Crippen LogP contribution in [0.15, 0.2) is 65.1 Å². The molecule has 224 valence electrons. The SMILES string of the molecule is COc1nc(-c2cccc(-c3cccc(-c4nc5cc(CNCCO)cc(OC)c5o4)c3Cl)c2Cl)ccc1CNCCO. The molecule has 0 aliphatic rings. The van der Waals surface area contributed by atoms with E-state index in [9.17, 15) is 0 Å². The minimum absolute atomic E-state index is 0.0470. The fraction of sp³-hybridized carbons (Fsp3) is 0.250. The maximum absolute atomic E-state index is 9.08. The lowest BCUT2D eigenvalue weighted by Gasteiger charge is -2.14. The minimum atomic E-state index is 0.0470. The van der Waals surface area contributed by atoms with Crippen molar-refractivity contribution in [1.82, 2.24) is 20.6 Å². The number of methoxy groups -OCH3 is 2. The molecule has 9 nitrogen and oxygen atoms in total. The maximum atomic E-state index is 9.08. The van der Waals surface area contributed by atoms with Gasteiger partial charge in [0.05, 0.1) is 48.7 Å². The Balaban J connectivity index is 1.51. The summed E-state index contributed by atoms with van der Waals surface area (Å²) in [7, 11) is 3.15. The van der Waals surface area contributed by atoms with Crippen molar-refractivity contribution < 1.29 is 24.1 Å². The number of aliphatic hydroxyl groups is 2. The average Bonchev–Trinajstić information content (AvgIpc) is 3.45. The summed E-state index contributed by atoms with van der Waals surface area (Å²) < 4.78 is 17.3. The second-order valence-electron chi connectivity index (χ2n) is 9.67. The number of aromatic nitrogens is 2. The molecule has 4 N–H and O–H groups in total. The number of hydrogen-bond donors (Lipinski definition) is 4. The number of nitrogens with zero attached hydrogens (tertiary/aromatic N) is 2. The van der Waals surface area contributed by atoms with E-state index in [0.29, 0.717) is 81.7 Å². The highest BCUT2D eigenvalue weighted by atomic mass is 35.5. The van der Waals surface area contributed by atoms with Crippen LogP contribution in [0.3, 0.4) is 0 Å². The number of benzene rings is 3. The zero-order valence-electron chi connectivity index (χ0n) is 23.8. The molecule has 0 aliphatic heterocycles. The first-order valence-electron chi connectivity index (χ1n) is 13.7. The van der Waals surface area contributed by atoms with Gasteiger partial charge in [-0.3, -0.25) is 0 Å². The molecule has 0 aliphatic carbocycles. The Morgan fingerprint density at radius 2 is 1.42 bits per heavy atom. The van der Waals surface area contributed by atoms with Gasteiger partial charge in [0.15, 0.2) is 11.3 Å². The molecule has 0 bridgehead atoms. The zero-order chi connectivity index (χ0) is 30.3. The Bertz CT molecular complexity index is 1730. The van der Waals surface area contributed by atoms with Crippen molar-refractivity contribution in [3.63, 3.8) is 0 Å². The van der Waals surface area contributed by atoms with Gasteiger partial charge >= 0.3 is 0 Å². The molecule has 0 fully saturated rings. The first kappa shape index (κ1) is 30.7. The van der Waals surface area contributed by atoms with Gasteiger partial charge in [0.25, 0.3) is 0 Å². The second-order valence-corrected chi connectivity index (χ2v) is 10.4. The molecular formula is C32H32Cl2N4O5. The normalized spacial score (nSPS) is 11.3. The van der Waals surface area contributed by atoms with E-state index in [2.05, 4.69) is 10.6 Å². The van der Waals surface area contributed by atoms with Crippen molar-refractivity contribution in [3.8, 4) is 45.5 Å². The van der Waals surface area contributed by atoms with Crippen LogP contribution in [0.25, 0.3) is 44.9 Å². The van der Waals surface area contributed by atoms with E-state index in [-0.39, 0.29) is 13.2 Å². The molecule has 0 saturated carbocycles. The van der Waals surface area contributed by atoms with Crippen LogP contribution in [-0.2, 0) is 13.1 Å². The number of fused-ring (bicyclic) bond motifs is 1. The third kappa shape index (κ3) is 6.62. The van der Waals surface area contributed by atoms with Crippen molar-refractivity contribution in [3.05, 3.63) is 81.8 Å². The Hall–Kier alpha value is -3.70. The number of oxazole rings is 1. The highest BCUT2D eigenvalue weighted by Crippen LogP contribution is 2.43. The van der Waals surface area contributed by atoms with Crippen LogP contribution in [0.5, 0.6) is 11.6 Å². The number of hydrogen-bond acceptors (Lipinski definition) is 9. The Labute approximate surface area is 259 Å². The van der Waals surface area contributed by atoms with Gasteiger partial charge in [0.2, 0.25) is 11.8 Å². The summed E-state index contributed by atoms with van der Waals surface area (Å²) in [5, 5.41) is 25.4. The molecule has 2 aromatic heterocycles. The first-order valence-corrected chi connectivity index (χ1v) is 14.5. The Kier molecular flexibility index (Phi) is 10.1. The molecule has 11 heteroatoms. The van der Waals surface area contributed by atoms with E-state index in [0.717, 1.165) is 22.3 Å². The molecule has 0 radical (unpaired) electrons.